The van der Waals surface area contributed by atoms with Crippen LogP contribution in [0.3, 0.4) is 0 Å². The molecule has 108 valence electrons. The fourth-order valence-corrected chi connectivity index (χ4v) is 3.83. The van der Waals surface area contributed by atoms with Gasteiger partial charge in [-0.15, -0.1) is 0 Å². The Morgan fingerprint density at radius 3 is 2.62 bits per heavy atom. The van der Waals surface area contributed by atoms with Crippen LogP contribution < -0.4 is 4.90 Å². The fourth-order valence-electron chi connectivity index (χ4n) is 2.57. The molecule has 2 aromatic rings. The average Bonchev–Trinajstić information content (AvgIpc) is 2.46. The van der Waals surface area contributed by atoms with Crippen LogP contribution in [-0.2, 0) is 0 Å². The molecule has 1 heterocycles. The van der Waals surface area contributed by atoms with Crippen molar-refractivity contribution in [1.82, 2.24) is 0 Å². The Labute approximate surface area is 135 Å². The molecule has 0 spiro atoms. The molecule has 2 aromatic carbocycles. The minimum Gasteiger partial charge on any atom is -0.340 e. The predicted octanol–water partition coefficient (Wildman–Crippen LogP) is 3.77. The summed E-state index contributed by atoms with van der Waals surface area (Å²) in [7, 11) is 4.38. The Bertz CT molecular complexity index is 691. The van der Waals surface area contributed by atoms with E-state index in [0.717, 1.165) is 18.0 Å². The van der Waals surface area contributed by atoms with Gasteiger partial charge in [-0.2, -0.15) is 0 Å². The first-order valence-electron chi connectivity index (χ1n) is 7.21. The van der Waals surface area contributed by atoms with Gasteiger partial charge >= 0.3 is 0 Å². The third kappa shape index (κ3) is 3.18. The summed E-state index contributed by atoms with van der Waals surface area (Å²) >= 11 is 8.04. The van der Waals surface area contributed by atoms with Crippen LogP contribution in [0.25, 0.3) is 5.57 Å². The van der Waals surface area contributed by atoms with Crippen LogP contribution >= 0.6 is 23.4 Å². The van der Waals surface area contributed by atoms with Crippen molar-refractivity contribution >= 4 is 28.9 Å². The van der Waals surface area contributed by atoms with E-state index >= 15 is 0 Å². The van der Waals surface area contributed by atoms with E-state index in [1.165, 1.54) is 31.4 Å². The van der Waals surface area contributed by atoms with E-state index in [1.54, 1.807) is 0 Å². The third-order valence-corrected chi connectivity index (χ3v) is 5.01. The predicted molar refractivity (Wildman–Crippen MR) is 91.4 cm³/mol. The normalized spacial score (nSPS) is 15.1. The summed E-state index contributed by atoms with van der Waals surface area (Å²) in [6.45, 7) is 1.13. The van der Waals surface area contributed by atoms with Crippen LogP contribution in [-0.4, -0.2) is 20.6 Å². The van der Waals surface area contributed by atoms with Crippen LogP contribution in [0.15, 0.2) is 58.3 Å². The molecule has 0 bridgehead atoms. The molecule has 0 aliphatic carbocycles. The monoisotopic (exact) mass is 316 g/mol. The molecule has 1 aliphatic rings. The van der Waals surface area contributed by atoms with Gasteiger partial charge in [-0.25, -0.2) is 0 Å². The maximum Gasteiger partial charge on any atom is 0.0802 e. The van der Waals surface area contributed by atoms with Crippen LogP contribution in [0, 0.1) is 0 Å². The Morgan fingerprint density at radius 1 is 1.05 bits per heavy atom. The number of nitrogens with one attached hydrogen (secondary N) is 1. The van der Waals surface area contributed by atoms with Gasteiger partial charge in [-0.3, -0.25) is 0 Å². The molecule has 3 rings (SSSR count). The Morgan fingerprint density at radius 2 is 1.81 bits per heavy atom. The fraction of sp³-hybridized carbons (Fsp3) is 0.222. The largest absolute Gasteiger partial charge is 0.340 e. The number of hydrogen-bond acceptors (Lipinski definition) is 1. The Hall–Kier alpha value is -1.22. The number of halogens is 1. The summed E-state index contributed by atoms with van der Waals surface area (Å²) < 4.78 is 0. The highest BCUT2D eigenvalue weighted by Crippen LogP contribution is 2.45. The molecule has 1 N–H and O–H groups in total. The van der Waals surface area contributed by atoms with E-state index in [9.17, 15) is 0 Å². The van der Waals surface area contributed by atoms with Crippen molar-refractivity contribution in [2.24, 2.45) is 0 Å². The van der Waals surface area contributed by atoms with Crippen molar-refractivity contribution < 1.29 is 4.90 Å². The lowest BCUT2D eigenvalue weighted by Crippen LogP contribution is -3.05. The quantitative estimate of drug-likeness (QED) is 0.770. The molecule has 1 aliphatic heterocycles. The molecule has 1 nitrogen and oxygen atoms in total. The summed E-state index contributed by atoms with van der Waals surface area (Å²) in [4.78, 5) is 4.09. The van der Waals surface area contributed by atoms with E-state index < -0.39 is 0 Å². The standard InChI is InChI=1S/C18H18ClNS/c1-20(2)11-5-7-14-15-6-3-4-8-17(15)21-18-10-9-13(19)12-16(14)18/h3-4,6-10,12H,5,11H2,1-2H3/p+1/b14-7+. The number of quaternary nitrogens is 1. The van der Waals surface area contributed by atoms with Gasteiger partial charge < -0.3 is 4.90 Å². The second kappa shape index (κ2) is 6.27. The summed E-state index contributed by atoms with van der Waals surface area (Å²) in [5, 5.41) is 0.804. The van der Waals surface area contributed by atoms with Gasteiger partial charge in [0, 0.05) is 21.2 Å². The Kier molecular flexibility index (Phi) is 4.39. The van der Waals surface area contributed by atoms with Gasteiger partial charge in [0.2, 0.25) is 0 Å². The summed E-state index contributed by atoms with van der Waals surface area (Å²) in [6, 6.07) is 14.8. The van der Waals surface area contributed by atoms with Gasteiger partial charge in [0.25, 0.3) is 0 Å². The summed E-state index contributed by atoms with van der Waals surface area (Å²) in [6.07, 6.45) is 3.43. The average molecular weight is 317 g/mol. The number of rotatable bonds is 3. The molecule has 0 saturated carbocycles. The first-order chi connectivity index (χ1) is 10.1. The summed E-state index contributed by atoms with van der Waals surface area (Å²) in [5.41, 5.74) is 3.91. The van der Waals surface area contributed by atoms with Crippen molar-refractivity contribution in [3.63, 3.8) is 0 Å². The molecule has 0 unspecified atom stereocenters. The highest BCUT2D eigenvalue weighted by Gasteiger charge is 2.20. The van der Waals surface area contributed by atoms with E-state index in [1.807, 2.05) is 17.8 Å². The first kappa shape index (κ1) is 14.7. The van der Waals surface area contributed by atoms with E-state index in [-0.39, 0.29) is 0 Å². The van der Waals surface area contributed by atoms with Crippen LogP contribution in [0.1, 0.15) is 17.5 Å². The van der Waals surface area contributed by atoms with Crippen molar-refractivity contribution in [2.45, 2.75) is 16.2 Å². The third-order valence-electron chi connectivity index (χ3n) is 3.62. The van der Waals surface area contributed by atoms with E-state index in [2.05, 4.69) is 56.6 Å². The molecule has 0 fully saturated rings. The maximum absolute atomic E-state index is 6.21. The minimum absolute atomic E-state index is 0.804. The van der Waals surface area contributed by atoms with Crippen molar-refractivity contribution in [3.8, 4) is 0 Å². The molecule has 0 amide bonds. The van der Waals surface area contributed by atoms with Gasteiger partial charge in [-0.1, -0.05) is 47.6 Å². The second-order valence-corrected chi connectivity index (χ2v) is 7.12. The molecule has 3 heteroatoms. The lowest BCUT2D eigenvalue weighted by atomic mass is 9.96. The van der Waals surface area contributed by atoms with Crippen molar-refractivity contribution in [2.75, 3.05) is 20.6 Å². The van der Waals surface area contributed by atoms with Crippen LogP contribution in [0.4, 0.5) is 0 Å². The van der Waals surface area contributed by atoms with E-state index in [0.29, 0.717) is 0 Å². The SMILES string of the molecule is C[NH+](C)CC/C=C1\c2ccccc2Sc2ccc(Cl)cc21. The lowest BCUT2D eigenvalue weighted by molar-refractivity contribution is -0.857. The van der Waals surface area contributed by atoms with Gasteiger partial charge in [0.1, 0.15) is 0 Å². The first-order valence-corrected chi connectivity index (χ1v) is 8.41. The van der Waals surface area contributed by atoms with Gasteiger partial charge in [-0.05, 0) is 41.0 Å². The molecule has 0 aromatic heterocycles. The molecule has 0 atom stereocenters. The zero-order chi connectivity index (χ0) is 14.8. The van der Waals surface area contributed by atoms with Crippen molar-refractivity contribution in [1.29, 1.82) is 0 Å². The zero-order valence-electron chi connectivity index (χ0n) is 12.3. The zero-order valence-corrected chi connectivity index (χ0v) is 13.9. The smallest absolute Gasteiger partial charge is 0.0802 e. The highest BCUT2D eigenvalue weighted by molar-refractivity contribution is 7.99. The van der Waals surface area contributed by atoms with Crippen molar-refractivity contribution in [3.05, 3.63) is 64.7 Å². The molecule has 0 radical (unpaired) electrons. The number of hydrogen-bond donors (Lipinski definition) is 1. The summed E-state index contributed by atoms with van der Waals surface area (Å²) in [5.74, 6) is 0. The second-order valence-electron chi connectivity index (χ2n) is 5.60. The molecular weight excluding hydrogens is 298 g/mol. The van der Waals surface area contributed by atoms with Crippen LogP contribution in [0.5, 0.6) is 0 Å². The molecule has 21 heavy (non-hydrogen) atoms. The molecular formula is C18H19ClNS+. The topological polar surface area (TPSA) is 4.44 Å². The minimum atomic E-state index is 0.804. The molecule has 0 saturated heterocycles. The Balaban J connectivity index is 2.06. The van der Waals surface area contributed by atoms with Crippen LogP contribution in [0.2, 0.25) is 5.02 Å². The van der Waals surface area contributed by atoms with Gasteiger partial charge in [0.15, 0.2) is 0 Å². The number of fused-ring (bicyclic) bond motifs is 2. The number of benzene rings is 2. The lowest BCUT2D eigenvalue weighted by Gasteiger charge is -2.22. The highest BCUT2D eigenvalue weighted by atomic mass is 35.5. The van der Waals surface area contributed by atoms with E-state index in [4.69, 9.17) is 11.6 Å². The van der Waals surface area contributed by atoms with Gasteiger partial charge in [0.05, 0.1) is 20.6 Å². The maximum atomic E-state index is 6.21.